The molecule has 2 aliphatic rings. The second-order valence-corrected chi connectivity index (χ2v) is 7.48. The number of carbonyl (C=O) groups excluding carboxylic acids is 3. The monoisotopic (exact) mass is 341 g/mol. The van der Waals surface area contributed by atoms with Crippen LogP contribution in [-0.4, -0.2) is 43.5 Å². The van der Waals surface area contributed by atoms with E-state index in [1.54, 1.807) is 0 Å². The summed E-state index contributed by atoms with van der Waals surface area (Å²) in [6.07, 6.45) is -0.244. The number of halogens is 1. The van der Waals surface area contributed by atoms with Crippen LogP contribution < -0.4 is 11.1 Å². The topological polar surface area (TPSA) is 127 Å². The minimum Gasteiger partial charge on any atom is -0.368 e. The predicted octanol–water partition coefficient (Wildman–Crippen LogP) is -0.764. The van der Waals surface area contributed by atoms with Crippen molar-refractivity contribution in [3.05, 3.63) is 29.6 Å². The number of rotatable bonds is 2. The summed E-state index contributed by atoms with van der Waals surface area (Å²) in [5.41, 5.74) is 3.18. The van der Waals surface area contributed by atoms with Gasteiger partial charge < -0.3 is 11.1 Å². The van der Waals surface area contributed by atoms with Gasteiger partial charge in [0.15, 0.2) is 9.84 Å². The van der Waals surface area contributed by atoms with E-state index in [1.807, 2.05) is 0 Å². The van der Waals surface area contributed by atoms with E-state index in [2.05, 4.69) is 5.32 Å². The van der Waals surface area contributed by atoms with Crippen molar-refractivity contribution in [2.75, 3.05) is 12.3 Å². The quantitative estimate of drug-likeness (QED) is 0.540. The van der Waals surface area contributed by atoms with Crippen molar-refractivity contribution in [1.29, 1.82) is 0 Å². The number of primary amides is 1. The van der Waals surface area contributed by atoms with Gasteiger partial charge in [-0.2, -0.15) is 0 Å². The highest BCUT2D eigenvalue weighted by atomic mass is 32.2. The molecule has 4 amide bonds. The molecule has 0 aliphatic carbocycles. The third kappa shape index (κ3) is 2.17. The lowest BCUT2D eigenvalue weighted by atomic mass is 9.86. The maximum Gasteiger partial charge on any atom is 0.325 e. The maximum atomic E-state index is 13.6. The number of urea groups is 1. The van der Waals surface area contributed by atoms with E-state index in [4.69, 9.17) is 5.73 Å². The molecular weight excluding hydrogens is 329 g/mol. The lowest BCUT2D eigenvalue weighted by Gasteiger charge is -2.32. The zero-order valence-electron chi connectivity index (χ0n) is 11.7. The highest BCUT2D eigenvalue weighted by molar-refractivity contribution is 7.91. The molecule has 1 saturated heterocycles. The maximum absolute atomic E-state index is 13.6. The first kappa shape index (κ1) is 15.4. The second-order valence-electron chi connectivity index (χ2n) is 5.40. The van der Waals surface area contributed by atoms with Gasteiger partial charge in [0.2, 0.25) is 5.91 Å². The Morgan fingerprint density at radius 1 is 1.39 bits per heavy atom. The Balaban J connectivity index is 2.18. The van der Waals surface area contributed by atoms with Crippen molar-refractivity contribution in [2.45, 2.75) is 16.9 Å². The average molecular weight is 341 g/mol. The zero-order chi connectivity index (χ0) is 17.0. The van der Waals surface area contributed by atoms with Gasteiger partial charge in [-0.05, 0) is 24.6 Å². The van der Waals surface area contributed by atoms with Gasteiger partial charge in [0.05, 0.1) is 10.6 Å². The summed E-state index contributed by atoms with van der Waals surface area (Å²) in [6.45, 7) is -0.635. The molecule has 0 unspecified atom stereocenters. The second kappa shape index (κ2) is 4.75. The SMILES string of the molecule is NC(=O)CN1C(=O)N[C@]2(CCS(=O)(=O)c3ccc(F)cc32)C1=O. The third-order valence-corrected chi connectivity index (χ3v) is 5.74. The highest BCUT2D eigenvalue weighted by Gasteiger charge is 2.56. The van der Waals surface area contributed by atoms with Gasteiger partial charge in [-0.3, -0.25) is 14.5 Å². The number of imide groups is 1. The minimum absolute atomic E-state index is 0.130. The number of sulfone groups is 1. The number of amides is 4. The van der Waals surface area contributed by atoms with Crippen LogP contribution in [0.2, 0.25) is 0 Å². The predicted molar refractivity (Wildman–Crippen MR) is 74.2 cm³/mol. The molecule has 3 rings (SSSR count). The van der Waals surface area contributed by atoms with Gasteiger partial charge in [-0.1, -0.05) is 0 Å². The van der Waals surface area contributed by atoms with Crippen molar-refractivity contribution in [3.8, 4) is 0 Å². The van der Waals surface area contributed by atoms with E-state index in [1.165, 1.54) is 0 Å². The summed E-state index contributed by atoms with van der Waals surface area (Å²) in [7, 11) is -3.68. The first-order valence-corrected chi connectivity index (χ1v) is 8.28. The molecule has 1 atom stereocenters. The molecular formula is C13H12FN3O5S. The zero-order valence-corrected chi connectivity index (χ0v) is 12.5. The fourth-order valence-electron chi connectivity index (χ4n) is 2.92. The summed E-state index contributed by atoms with van der Waals surface area (Å²) < 4.78 is 37.9. The lowest BCUT2D eigenvalue weighted by Crippen LogP contribution is -2.49. The summed E-state index contributed by atoms with van der Waals surface area (Å²) in [5, 5.41) is 2.39. The Hall–Kier alpha value is -2.49. The van der Waals surface area contributed by atoms with Crippen molar-refractivity contribution in [1.82, 2.24) is 10.2 Å². The Morgan fingerprint density at radius 2 is 2.09 bits per heavy atom. The number of hydrogen-bond donors (Lipinski definition) is 2. The Kier molecular flexibility index (Phi) is 3.18. The van der Waals surface area contributed by atoms with Gasteiger partial charge in [-0.15, -0.1) is 0 Å². The van der Waals surface area contributed by atoms with Crippen molar-refractivity contribution in [3.63, 3.8) is 0 Å². The number of fused-ring (bicyclic) bond motifs is 2. The van der Waals surface area contributed by atoms with Gasteiger partial charge >= 0.3 is 6.03 Å². The van der Waals surface area contributed by atoms with Crippen molar-refractivity contribution in [2.24, 2.45) is 5.73 Å². The summed E-state index contributed by atoms with van der Waals surface area (Å²) >= 11 is 0. The van der Waals surface area contributed by atoms with Gasteiger partial charge in [-0.25, -0.2) is 17.6 Å². The van der Waals surface area contributed by atoms with Crippen molar-refractivity contribution < 1.29 is 27.2 Å². The van der Waals surface area contributed by atoms with Crippen LogP contribution in [0.5, 0.6) is 0 Å². The molecule has 3 N–H and O–H groups in total. The standard InChI is InChI=1S/C13H12FN3O5S/c14-7-1-2-9-8(5-7)13(3-4-23(9,21)22)11(19)17(6-10(15)18)12(20)16-13/h1-2,5H,3-4,6H2,(H2,15,18)(H,16,20)/t13-/m0/s1. The van der Waals surface area contributed by atoms with Gasteiger partial charge in [0.1, 0.15) is 17.9 Å². The molecule has 10 heteroatoms. The minimum atomic E-state index is -3.68. The third-order valence-electron chi connectivity index (χ3n) is 3.97. The summed E-state index contributed by atoms with van der Waals surface area (Å²) in [6, 6.07) is 2.08. The fourth-order valence-corrected chi connectivity index (χ4v) is 4.55. The lowest BCUT2D eigenvalue weighted by molar-refractivity contribution is -0.134. The Bertz CT molecular complexity index is 853. The number of nitrogens with two attached hydrogens (primary N) is 1. The number of carbonyl (C=O) groups is 3. The molecule has 23 heavy (non-hydrogen) atoms. The van der Waals surface area contributed by atoms with Crippen LogP contribution in [0.1, 0.15) is 12.0 Å². The van der Waals surface area contributed by atoms with Crippen molar-refractivity contribution >= 4 is 27.7 Å². The number of benzene rings is 1. The molecule has 1 aromatic rings. The van der Waals surface area contributed by atoms with E-state index >= 15 is 0 Å². The number of hydrogen-bond acceptors (Lipinski definition) is 5. The van der Waals surface area contributed by atoms with Crippen LogP contribution in [-0.2, 0) is 25.0 Å². The molecule has 1 spiro atoms. The first-order valence-electron chi connectivity index (χ1n) is 6.62. The summed E-state index contributed by atoms with van der Waals surface area (Å²) in [4.78, 5) is 36.0. The molecule has 1 fully saturated rings. The number of nitrogens with zero attached hydrogens (tertiary/aromatic N) is 1. The summed E-state index contributed by atoms with van der Waals surface area (Å²) in [5.74, 6) is -2.84. The number of nitrogens with one attached hydrogen (secondary N) is 1. The van der Waals surface area contributed by atoms with E-state index in [0.717, 1.165) is 18.2 Å². The van der Waals surface area contributed by atoms with Crippen LogP contribution in [0.3, 0.4) is 0 Å². The van der Waals surface area contributed by atoms with Crippen LogP contribution >= 0.6 is 0 Å². The van der Waals surface area contributed by atoms with E-state index in [0.29, 0.717) is 4.90 Å². The largest absolute Gasteiger partial charge is 0.368 e. The van der Waals surface area contributed by atoms with Crippen LogP contribution in [0.4, 0.5) is 9.18 Å². The van der Waals surface area contributed by atoms with Crippen LogP contribution in [0.25, 0.3) is 0 Å². The van der Waals surface area contributed by atoms with Gasteiger partial charge in [0, 0.05) is 5.56 Å². The highest BCUT2D eigenvalue weighted by Crippen LogP contribution is 2.41. The average Bonchev–Trinajstić information content (AvgIpc) is 2.68. The molecule has 0 bridgehead atoms. The van der Waals surface area contributed by atoms with E-state index in [-0.39, 0.29) is 22.6 Å². The molecule has 0 saturated carbocycles. The van der Waals surface area contributed by atoms with Gasteiger partial charge in [0.25, 0.3) is 5.91 Å². The van der Waals surface area contributed by atoms with E-state index < -0.39 is 45.6 Å². The molecule has 2 heterocycles. The molecule has 122 valence electrons. The molecule has 1 aromatic carbocycles. The molecule has 0 aromatic heterocycles. The fraction of sp³-hybridized carbons (Fsp3) is 0.308. The Morgan fingerprint density at radius 3 is 2.74 bits per heavy atom. The molecule has 8 nitrogen and oxygen atoms in total. The van der Waals surface area contributed by atoms with Crippen LogP contribution in [0.15, 0.2) is 23.1 Å². The normalized spacial score (nSPS) is 25.3. The first-order chi connectivity index (χ1) is 10.7. The molecule has 2 aliphatic heterocycles. The Labute approximate surface area is 130 Å². The van der Waals surface area contributed by atoms with E-state index in [9.17, 15) is 27.2 Å². The molecule has 0 radical (unpaired) electrons. The smallest absolute Gasteiger partial charge is 0.325 e. The van der Waals surface area contributed by atoms with Crippen LogP contribution in [0, 0.1) is 5.82 Å².